The van der Waals surface area contributed by atoms with Crippen LogP contribution in [0.4, 0.5) is 0 Å². The highest BCUT2D eigenvalue weighted by Crippen LogP contribution is 2.25. The van der Waals surface area contributed by atoms with Crippen LogP contribution < -0.4 is 0 Å². The molecule has 1 atom stereocenters. The molecule has 0 aliphatic carbocycles. The van der Waals surface area contributed by atoms with Gasteiger partial charge in [-0.15, -0.1) is 11.8 Å². The zero-order chi connectivity index (χ0) is 13.7. The lowest BCUT2D eigenvalue weighted by molar-refractivity contribution is 0.175. The van der Waals surface area contributed by atoms with Crippen molar-refractivity contribution in [2.24, 2.45) is 0 Å². The number of halogens is 2. The van der Waals surface area contributed by atoms with Gasteiger partial charge in [0.05, 0.1) is 6.10 Å². The Morgan fingerprint density at radius 1 is 1.05 bits per heavy atom. The normalized spacial score (nSPS) is 12.4. The first-order valence-corrected chi connectivity index (χ1v) is 8.13. The number of hydrogen-bond donors (Lipinski definition) is 1. The Hall–Kier alpha value is -0.480. The third kappa shape index (κ3) is 4.84. The van der Waals surface area contributed by atoms with E-state index in [4.69, 9.17) is 11.6 Å². The zero-order valence-corrected chi connectivity index (χ0v) is 13.4. The lowest BCUT2D eigenvalue weighted by atomic mass is 10.1. The molecule has 0 amide bonds. The summed E-state index contributed by atoms with van der Waals surface area (Å²) < 4.78 is 1.08. The molecule has 0 bridgehead atoms. The minimum atomic E-state index is -0.430. The Bertz CT molecular complexity index is 513. The van der Waals surface area contributed by atoms with Crippen LogP contribution in [-0.4, -0.2) is 10.9 Å². The quantitative estimate of drug-likeness (QED) is 0.731. The topological polar surface area (TPSA) is 20.2 Å². The van der Waals surface area contributed by atoms with Crippen molar-refractivity contribution in [3.8, 4) is 0 Å². The van der Waals surface area contributed by atoms with Crippen LogP contribution in [0.2, 0.25) is 5.02 Å². The average molecular weight is 358 g/mol. The van der Waals surface area contributed by atoms with Gasteiger partial charge in [0.25, 0.3) is 0 Å². The fraction of sp³-hybridized carbons (Fsp3) is 0.200. The molecule has 19 heavy (non-hydrogen) atoms. The maximum atomic E-state index is 10.1. The number of aliphatic hydroxyl groups excluding tert-OH is 1. The van der Waals surface area contributed by atoms with E-state index in [0.29, 0.717) is 5.02 Å². The molecule has 0 aliphatic heterocycles. The molecule has 2 aromatic carbocycles. The molecule has 1 unspecified atom stereocenters. The molecule has 0 fully saturated rings. The molecule has 0 spiro atoms. The van der Waals surface area contributed by atoms with E-state index in [-0.39, 0.29) is 0 Å². The minimum Gasteiger partial charge on any atom is -0.388 e. The van der Waals surface area contributed by atoms with Gasteiger partial charge in [0.1, 0.15) is 0 Å². The lowest BCUT2D eigenvalue weighted by Gasteiger charge is -2.10. The Morgan fingerprint density at radius 2 is 1.68 bits per heavy atom. The van der Waals surface area contributed by atoms with Gasteiger partial charge in [0, 0.05) is 20.1 Å². The summed E-state index contributed by atoms with van der Waals surface area (Å²) in [4.78, 5) is 1.21. The molecular formula is C15H14BrClOS. The van der Waals surface area contributed by atoms with Gasteiger partial charge in [0.15, 0.2) is 0 Å². The van der Waals surface area contributed by atoms with Crippen LogP contribution >= 0.6 is 39.3 Å². The standard InChI is InChI=1S/C15H14BrClOS/c16-12-3-7-14(8-4-12)19-10-9-15(18)11-1-5-13(17)6-2-11/h1-8,15,18H,9-10H2. The Labute approximate surface area is 131 Å². The first kappa shape index (κ1) is 14.9. The van der Waals surface area contributed by atoms with Crippen molar-refractivity contribution in [1.82, 2.24) is 0 Å². The van der Waals surface area contributed by atoms with E-state index in [0.717, 1.165) is 22.2 Å². The van der Waals surface area contributed by atoms with E-state index in [9.17, 15) is 5.11 Å². The maximum Gasteiger partial charge on any atom is 0.0798 e. The van der Waals surface area contributed by atoms with Crippen LogP contribution in [0, 0.1) is 0 Å². The van der Waals surface area contributed by atoms with Gasteiger partial charge in [-0.2, -0.15) is 0 Å². The third-order valence-corrected chi connectivity index (χ3v) is 4.55. The molecule has 0 radical (unpaired) electrons. The molecular weight excluding hydrogens is 344 g/mol. The summed E-state index contributed by atoms with van der Waals surface area (Å²) in [6.07, 6.45) is 0.294. The highest BCUT2D eigenvalue weighted by Gasteiger charge is 2.07. The van der Waals surface area contributed by atoms with Crippen molar-refractivity contribution < 1.29 is 5.11 Å². The molecule has 0 aliphatic rings. The first-order chi connectivity index (χ1) is 9.15. The highest BCUT2D eigenvalue weighted by atomic mass is 79.9. The number of hydrogen-bond acceptors (Lipinski definition) is 2. The fourth-order valence-corrected chi connectivity index (χ4v) is 2.97. The van der Waals surface area contributed by atoms with Crippen LogP contribution in [0.15, 0.2) is 57.9 Å². The second kappa shape index (κ2) is 7.34. The summed E-state index contributed by atoms with van der Waals surface area (Å²) in [5.74, 6) is 0.880. The van der Waals surface area contributed by atoms with E-state index in [1.807, 2.05) is 36.4 Å². The number of rotatable bonds is 5. The Kier molecular flexibility index (Phi) is 5.76. The maximum absolute atomic E-state index is 10.1. The molecule has 4 heteroatoms. The molecule has 0 saturated carbocycles. The van der Waals surface area contributed by atoms with Crippen molar-refractivity contribution in [2.75, 3.05) is 5.75 Å². The zero-order valence-electron chi connectivity index (χ0n) is 10.2. The summed E-state index contributed by atoms with van der Waals surface area (Å²) >= 11 is 11.0. The van der Waals surface area contributed by atoms with E-state index in [2.05, 4.69) is 28.1 Å². The predicted octanol–water partition coefficient (Wildman–Crippen LogP) is 5.32. The van der Waals surface area contributed by atoms with Crippen molar-refractivity contribution in [3.63, 3.8) is 0 Å². The van der Waals surface area contributed by atoms with E-state index in [1.54, 1.807) is 11.8 Å². The molecule has 0 heterocycles. The summed E-state index contributed by atoms with van der Waals surface area (Å²) in [5.41, 5.74) is 0.917. The van der Waals surface area contributed by atoms with Crippen molar-refractivity contribution in [3.05, 3.63) is 63.6 Å². The van der Waals surface area contributed by atoms with Gasteiger partial charge in [-0.3, -0.25) is 0 Å². The smallest absolute Gasteiger partial charge is 0.0798 e. The van der Waals surface area contributed by atoms with Gasteiger partial charge >= 0.3 is 0 Å². The lowest BCUT2D eigenvalue weighted by Crippen LogP contribution is -1.98. The van der Waals surface area contributed by atoms with Crippen LogP contribution in [0.25, 0.3) is 0 Å². The second-order valence-electron chi connectivity index (χ2n) is 4.16. The van der Waals surface area contributed by atoms with Crippen LogP contribution in [0.1, 0.15) is 18.1 Å². The van der Waals surface area contributed by atoms with Crippen molar-refractivity contribution in [1.29, 1.82) is 0 Å². The van der Waals surface area contributed by atoms with Gasteiger partial charge in [-0.25, -0.2) is 0 Å². The monoisotopic (exact) mass is 356 g/mol. The average Bonchev–Trinajstić information content (AvgIpc) is 2.41. The Morgan fingerprint density at radius 3 is 2.32 bits per heavy atom. The molecule has 2 aromatic rings. The number of thioether (sulfide) groups is 1. The summed E-state index contributed by atoms with van der Waals surface area (Å²) in [5, 5.41) is 10.8. The van der Waals surface area contributed by atoms with E-state index < -0.39 is 6.10 Å². The van der Waals surface area contributed by atoms with Crippen LogP contribution in [-0.2, 0) is 0 Å². The number of benzene rings is 2. The Balaban J connectivity index is 1.82. The minimum absolute atomic E-state index is 0.430. The molecule has 100 valence electrons. The van der Waals surface area contributed by atoms with Gasteiger partial charge in [-0.1, -0.05) is 39.7 Å². The molecule has 1 nitrogen and oxygen atoms in total. The summed E-state index contributed by atoms with van der Waals surface area (Å²) in [6.45, 7) is 0. The van der Waals surface area contributed by atoms with E-state index in [1.165, 1.54) is 4.90 Å². The van der Waals surface area contributed by atoms with Crippen LogP contribution in [0.5, 0.6) is 0 Å². The second-order valence-corrected chi connectivity index (χ2v) is 6.68. The molecule has 0 saturated heterocycles. The summed E-state index contributed by atoms with van der Waals surface area (Å²) in [7, 11) is 0. The highest BCUT2D eigenvalue weighted by molar-refractivity contribution is 9.10. The van der Waals surface area contributed by atoms with Crippen molar-refractivity contribution >= 4 is 39.3 Å². The van der Waals surface area contributed by atoms with E-state index >= 15 is 0 Å². The predicted molar refractivity (Wildman–Crippen MR) is 85.9 cm³/mol. The summed E-state index contributed by atoms with van der Waals surface area (Å²) in [6, 6.07) is 15.6. The molecule has 0 aromatic heterocycles. The fourth-order valence-electron chi connectivity index (χ4n) is 1.67. The van der Waals surface area contributed by atoms with Crippen LogP contribution in [0.3, 0.4) is 0 Å². The van der Waals surface area contributed by atoms with Crippen molar-refractivity contribution in [2.45, 2.75) is 17.4 Å². The molecule has 2 rings (SSSR count). The first-order valence-electron chi connectivity index (χ1n) is 5.97. The SMILES string of the molecule is OC(CCSc1ccc(Br)cc1)c1ccc(Cl)cc1. The largest absolute Gasteiger partial charge is 0.388 e. The van der Waals surface area contributed by atoms with Gasteiger partial charge in [-0.05, 0) is 48.4 Å². The third-order valence-electron chi connectivity index (χ3n) is 2.73. The molecule has 1 N–H and O–H groups in total. The van der Waals surface area contributed by atoms with Gasteiger partial charge < -0.3 is 5.11 Å². The number of aliphatic hydroxyl groups is 1. The van der Waals surface area contributed by atoms with Gasteiger partial charge in [0.2, 0.25) is 0 Å².